The molecule has 25 heavy (non-hydrogen) atoms. The molecule has 1 aliphatic rings. The summed E-state index contributed by atoms with van der Waals surface area (Å²) in [4.78, 5) is 26.7. The lowest BCUT2D eigenvalue weighted by atomic mass is 10.2. The molecule has 1 fully saturated rings. The van der Waals surface area contributed by atoms with Gasteiger partial charge in [0, 0.05) is 19.4 Å². The SMILES string of the molecule is Cc1ccc2nc(C3CCCN3C(=O)CCc3nc(Cl)n[nH]3)[nH]c2c1. The first-order valence-electron chi connectivity index (χ1n) is 8.42. The van der Waals surface area contributed by atoms with Crippen molar-refractivity contribution < 1.29 is 4.79 Å². The second-order valence-corrected chi connectivity index (χ2v) is 6.78. The van der Waals surface area contributed by atoms with E-state index in [1.165, 1.54) is 5.56 Å². The zero-order valence-electron chi connectivity index (χ0n) is 13.9. The monoisotopic (exact) mass is 358 g/mol. The molecule has 0 spiro atoms. The minimum atomic E-state index is 0.0125. The van der Waals surface area contributed by atoms with Crippen LogP contribution in [0.15, 0.2) is 18.2 Å². The molecule has 2 N–H and O–H groups in total. The molecule has 2 aromatic heterocycles. The van der Waals surface area contributed by atoms with Gasteiger partial charge >= 0.3 is 0 Å². The number of nitrogens with zero attached hydrogens (tertiary/aromatic N) is 4. The van der Waals surface area contributed by atoms with Crippen molar-refractivity contribution in [3.05, 3.63) is 40.7 Å². The molecule has 1 aromatic carbocycles. The lowest BCUT2D eigenvalue weighted by molar-refractivity contribution is -0.132. The molecule has 0 bridgehead atoms. The number of aryl methyl sites for hydroxylation is 2. The first-order chi connectivity index (χ1) is 12.1. The van der Waals surface area contributed by atoms with E-state index in [1.807, 2.05) is 17.0 Å². The maximum Gasteiger partial charge on any atom is 0.242 e. The molecule has 0 aliphatic carbocycles. The van der Waals surface area contributed by atoms with Crippen LogP contribution in [-0.4, -0.2) is 42.5 Å². The number of benzene rings is 1. The van der Waals surface area contributed by atoms with Crippen molar-refractivity contribution in [2.45, 2.75) is 38.6 Å². The average Bonchev–Trinajstić information content (AvgIpc) is 3.30. The maximum atomic E-state index is 12.7. The molecule has 130 valence electrons. The molecule has 1 aliphatic heterocycles. The Bertz CT molecular complexity index is 917. The predicted octanol–water partition coefficient (Wildman–Crippen LogP) is 2.94. The molecule has 0 radical (unpaired) electrons. The molecule has 1 unspecified atom stereocenters. The number of hydrogen-bond acceptors (Lipinski definition) is 4. The highest BCUT2D eigenvalue weighted by molar-refractivity contribution is 6.28. The number of halogens is 1. The average molecular weight is 359 g/mol. The van der Waals surface area contributed by atoms with E-state index in [1.54, 1.807) is 0 Å². The van der Waals surface area contributed by atoms with E-state index < -0.39 is 0 Å². The first-order valence-corrected chi connectivity index (χ1v) is 8.80. The first kappa shape index (κ1) is 16.1. The number of fused-ring (bicyclic) bond motifs is 1. The number of aromatic nitrogens is 5. The quantitative estimate of drug-likeness (QED) is 0.750. The summed E-state index contributed by atoms with van der Waals surface area (Å²) in [7, 11) is 0. The van der Waals surface area contributed by atoms with Crippen LogP contribution in [0.4, 0.5) is 0 Å². The summed E-state index contributed by atoms with van der Waals surface area (Å²) in [6, 6.07) is 6.16. The van der Waals surface area contributed by atoms with Gasteiger partial charge in [-0.05, 0) is 49.1 Å². The van der Waals surface area contributed by atoms with E-state index in [2.05, 4.69) is 33.2 Å². The summed E-state index contributed by atoms with van der Waals surface area (Å²) in [5.74, 6) is 1.61. The number of likely N-dealkylation sites (tertiary alicyclic amines) is 1. The third kappa shape index (κ3) is 3.24. The zero-order chi connectivity index (χ0) is 17.4. The molecule has 7 nitrogen and oxygen atoms in total. The fourth-order valence-corrected chi connectivity index (χ4v) is 3.55. The Labute approximate surface area is 149 Å². The van der Waals surface area contributed by atoms with Crippen LogP contribution in [0.1, 0.15) is 42.5 Å². The van der Waals surface area contributed by atoms with Crippen LogP contribution in [0.3, 0.4) is 0 Å². The van der Waals surface area contributed by atoms with Crippen LogP contribution in [0, 0.1) is 6.92 Å². The van der Waals surface area contributed by atoms with Gasteiger partial charge in [0.05, 0.1) is 17.1 Å². The number of carbonyl (C=O) groups is 1. The van der Waals surface area contributed by atoms with Crippen molar-refractivity contribution >= 4 is 28.5 Å². The Morgan fingerprint density at radius 2 is 2.28 bits per heavy atom. The molecule has 1 saturated heterocycles. The number of nitrogens with one attached hydrogen (secondary N) is 2. The zero-order valence-corrected chi connectivity index (χ0v) is 14.7. The molecule has 8 heteroatoms. The second-order valence-electron chi connectivity index (χ2n) is 6.44. The van der Waals surface area contributed by atoms with Gasteiger partial charge in [-0.15, -0.1) is 5.10 Å². The van der Waals surface area contributed by atoms with Crippen molar-refractivity contribution in [1.82, 2.24) is 30.0 Å². The molecule has 4 rings (SSSR count). The van der Waals surface area contributed by atoms with Gasteiger partial charge in [0.25, 0.3) is 0 Å². The van der Waals surface area contributed by atoms with Gasteiger partial charge in [0.1, 0.15) is 11.6 Å². The van der Waals surface area contributed by atoms with Crippen LogP contribution in [0.2, 0.25) is 5.28 Å². The van der Waals surface area contributed by atoms with Crippen LogP contribution in [0.25, 0.3) is 11.0 Å². The van der Waals surface area contributed by atoms with Crippen molar-refractivity contribution in [2.75, 3.05) is 6.54 Å². The van der Waals surface area contributed by atoms with Gasteiger partial charge < -0.3 is 9.88 Å². The Kier molecular flexibility index (Phi) is 4.17. The Morgan fingerprint density at radius 3 is 3.08 bits per heavy atom. The fraction of sp³-hybridized carbons (Fsp3) is 0.412. The number of amides is 1. The summed E-state index contributed by atoms with van der Waals surface area (Å²) in [5.41, 5.74) is 3.15. The summed E-state index contributed by atoms with van der Waals surface area (Å²) in [6.07, 6.45) is 2.79. The standard InChI is InChI=1S/C17H19ClN6O/c1-10-4-5-11-12(9-10)20-16(19-11)13-3-2-8-24(13)15(25)7-6-14-21-17(18)23-22-14/h4-5,9,13H,2-3,6-8H2,1H3,(H,19,20)(H,21,22,23). The van der Waals surface area contributed by atoms with Gasteiger partial charge in [0.15, 0.2) is 0 Å². The molecule has 3 aromatic rings. The molecular formula is C17H19ClN6O. The Hall–Kier alpha value is -2.41. The van der Waals surface area contributed by atoms with E-state index in [-0.39, 0.29) is 17.2 Å². The number of carbonyl (C=O) groups excluding carboxylic acids is 1. The fourth-order valence-electron chi connectivity index (χ4n) is 3.40. The highest BCUT2D eigenvalue weighted by Crippen LogP contribution is 2.32. The number of rotatable bonds is 4. The van der Waals surface area contributed by atoms with E-state index >= 15 is 0 Å². The van der Waals surface area contributed by atoms with E-state index in [0.717, 1.165) is 36.2 Å². The van der Waals surface area contributed by atoms with Crippen LogP contribution < -0.4 is 0 Å². The predicted molar refractivity (Wildman–Crippen MR) is 94.2 cm³/mol. The van der Waals surface area contributed by atoms with Gasteiger partial charge in [0.2, 0.25) is 11.2 Å². The Morgan fingerprint density at radius 1 is 1.40 bits per heavy atom. The summed E-state index contributed by atoms with van der Waals surface area (Å²) < 4.78 is 0. The number of aromatic amines is 2. The van der Waals surface area contributed by atoms with Gasteiger partial charge in [-0.3, -0.25) is 9.89 Å². The van der Waals surface area contributed by atoms with Gasteiger partial charge in [-0.25, -0.2) is 9.97 Å². The number of hydrogen-bond donors (Lipinski definition) is 2. The normalized spacial score (nSPS) is 17.5. The summed E-state index contributed by atoms with van der Waals surface area (Å²) >= 11 is 5.69. The largest absolute Gasteiger partial charge is 0.340 e. The molecule has 3 heterocycles. The number of imidazole rings is 1. The van der Waals surface area contributed by atoms with E-state index in [9.17, 15) is 4.79 Å². The topological polar surface area (TPSA) is 90.6 Å². The van der Waals surface area contributed by atoms with E-state index in [4.69, 9.17) is 16.6 Å². The molecular weight excluding hydrogens is 340 g/mol. The number of H-pyrrole nitrogens is 2. The van der Waals surface area contributed by atoms with Crippen LogP contribution in [0.5, 0.6) is 0 Å². The smallest absolute Gasteiger partial charge is 0.242 e. The third-order valence-electron chi connectivity index (χ3n) is 4.62. The highest BCUT2D eigenvalue weighted by atomic mass is 35.5. The maximum absolute atomic E-state index is 12.7. The molecule has 0 saturated carbocycles. The minimum Gasteiger partial charge on any atom is -0.340 e. The lowest BCUT2D eigenvalue weighted by Gasteiger charge is -2.23. The Balaban J connectivity index is 1.49. The third-order valence-corrected chi connectivity index (χ3v) is 4.79. The van der Waals surface area contributed by atoms with Crippen molar-refractivity contribution in [1.29, 1.82) is 0 Å². The van der Waals surface area contributed by atoms with E-state index in [0.29, 0.717) is 18.7 Å². The van der Waals surface area contributed by atoms with Crippen LogP contribution >= 0.6 is 11.6 Å². The van der Waals surface area contributed by atoms with Gasteiger partial charge in [-0.2, -0.15) is 0 Å². The second kappa shape index (κ2) is 6.48. The van der Waals surface area contributed by atoms with Crippen LogP contribution in [-0.2, 0) is 11.2 Å². The van der Waals surface area contributed by atoms with Gasteiger partial charge in [-0.1, -0.05) is 6.07 Å². The molecule has 1 atom stereocenters. The summed E-state index contributed by atoms with van der Waals surface area (Å²) in [5, 5.41) is 6.69. The summed E-state index contributed by atoms with van der Waals surface area (Å²) in [6.45, 7) is 2.82. The molecule has 1 amide bonds. The van der Waals surface area contributed by atoms with Crippen molar-refractivity contribution in [2.24, 2.45) is 0 Å². The van der Waals surface area contributed by atoms with Crippen molar-refractivity contribution in [3.63, 3.8) is 0 Å². The highest BCUT2D eigenvalue weighted by Gasteiger charge is 2.31. The lowest BCUT2D eigenvalue weighted by Crippen LogP contribution is -2.31. The minimum absolute atomic E-state index is 0.0125. The van der Waals surface area contributed by atoms with Crippen molar-refractivity contribution in [3.8, 4) is 0 Å².